The van der Waals surface area contributed by atoms with E-state index in [9.17, 15) is 0 Å². The fourth-order valence-corrected chi connectivity index (χ4v) is 2.71. The predicted molar refractivity (Wildman–Crippen MR) is 89.5 cm³/mol. The van der Waals surface area contributed by atoms with Crippen molar-refractivity contribution in [3.05, 3.63) is 63.1 Å². The molecule has 5 heteroatoms. The van der Waals surface area contributed by atoms with Crippen molar-refractivity contribution < 1.29 is 4.74 Å². The van der Waals surface area contributed by atoms with Crippen LogP contribution < -0.4 is 10.5 Å². The third-order valence-corrected chi connectivity index (χ3v) is 4.09. The molecule has 2 aromatic carbocycles. The van der Waals surface area contributed by atoms with E-state index in [1.54, 1.807) is 18.2 Å². The summed E-state index contributed by atoms with van der Waals surface area (Å²) in [6.45, 7) is 2.00. The van der Waals surface area contributed by atoms with Crippen LogP contribution in [0.2, 0.25) is 15.1 Å². The van der Waals surface area contributed by atoms with Crippen molar-refractivity contribution in [3.63, 3.8) is 0 Å². The lowest BCUT2D eigenvalue weighted by Gasteiger charge is -2.26. The van der Waals surface area contributed by atoms with Crippen molar-refractivity contribution in [2.45, 2.75) is 25.5 Å². The van der Waals surface area contributed by atoms with Crippen LogP contribution in [-0.4, -0.2) is 6.04 Å². The fourth-order valence-electron chi connectivity index (χ4n) is 2.01. The van der Waals surface area contributed by atoms with Gasteiger partial charge in [-0.05, 0) is 30.7 Å². The van der Waals surface area contributed by atoms with Gasteiger partial charge in [-0.3, -0.25) is 0 Å². The molecule has 0 saturated carbocycles. The number of hydrogen-bond acceptors (Lipinski definition) is 2. The Kier molecular flexibility index (Phi) is 5.77. The van der Waals surface area contributed by atoms with Crippen molar-refractivity contribution in [1.29, 1.82) is 0 Å². The smallest absolute Gasteiger partial charge is 0.140 e. The van der Waals surface area contributed by atoms with E-state index in [1.165, 1.54) is 0 Å². The summed E-state index contributed by atoms with van der Waals surface area (Å²) >= 11 is 18.3. The van der Waals surface area contributed by atoms with E-state index >= 15 is 0 Å². The third-order valence-electron chi connectivity index (χ3n) is 3.22. The highest BCUT2D eigenvalue weighted by Gasteiger charge is 2.23. The van der Waals surface area contributed by atoms with Crippen molar-refractivity contribution in [1.82, 2.24) is 0 Å². The van der Waals surface area contributed by atoms with Gasteiger partial charge in [0.25, 0.3) is 0 Å². The SMILES string of the molecule is CCC(N)C(Oc1ccc(Cl)cc1Cl)c1ccccc1Cl. The second kappa shape index (κ2) is 7.37. The van der Waals surface area contributed by atoms with Crippen LogP contribution in [0.15, 0.2) is 42.5 Å². The van der Waals surface area contributed by atoms with Gasteiger partial charge in [-0.2, -0.15) is 0 Å². The molecule has 0 aliphatic heterocycles. The summed E-state index contributed by atoms with van der Waals surface area (Å²) < 4.78 is 6.02. The molecule has 0 bridgehead atoms. The summed E-state index contributed by atoms with van der Waals surface area (Å²) in [5, 5.41) is 1.63. The molecule has 2 rings (SSSR count). The van der Waals surface area contributed by atoms with Crippen molar-refractivity contribution in [2.24, 2.45) is 5.73 Å². The maximum Gasteiger partial charge on any atom is 0.140 e. The first-order chi connectivity index (χ1) is 10.0. The van der Waals surface area contributed by atoms with Gasteiger partial charge in [0.1, 0.15) is 11.9 Å². The fraction of sp³-hybridized carbons (Fsp3) is 0.250. The summed E-state index contributed by atoms with van der Waals surface area (Å²) in [5.41, 5.74) is 7.04. The second-order valence-electron chi connectivity index (χ2n) is 4.71. The zero-order chi connectivity index (χ0) is 15.4. The molecule has 0 amide bonds. The van der Waals surface area contributed by atoms with Crippen LogP contribution in [0, 0.1) is 0 Å². The van der Waals surface area contributed by atoms with E-state index in [2.05, 4.69) is 0 Å². The summed E-state index contributed by atoms with van der Waals surface area (Å²) in [7, 11) is 0. The molecule has 2 N–H and O–H groups in total. The van der Waals surface area contributed by atoms with Gasteiger partial charge in [0, 0.05) is 21.7 Å². The Bertz CT molecular complexity index is 618. The summed E-state index contributed by atoms with van der Waals surface area (Å²) in [6, 6.07) is 12.4. The van der Waals surface area contributed by atoms with Crippen LogP contribution in [0.5, 0.6) is 5.75 Å². The molecule has 0 fully saturated rings. The van der Waals surface area contributed by atoms with E-state index in [-0.39, 0.29) is 12.1 Å². The van der Waals surface area contributed by atoms with Crippen LogP contribution in [-0.2, 0) is 0 Å². The van der Waals surface area contributed by atoms with Crippen molar-refractivity contribution >= 4 is 34.8 Å². The molecule has 21 heavy (non-hydrogen) atoms. The molecular weight excluding hydrogens is 329 g/mol. The Morgan fingerprint density at radius 1 is 1.05 bits per heavy atom. The molecule has 2 atom stereocenters. The van der Waals surface area contributed by atoms with E-state index in [0.29, 0.717) is 20.8 Å². The minimum absolute atomic E-state index is 0.198. The second-order valence-corrected chi connectivity index (χ2v) is 5.96. The molecule has 0 radical (unpaired) electrons. The van der Waals surface area contributed by atoms with Crippen LogP contribution in [0.1, 0.15) is 25.0 Å². The number of rotatable bonds is 5. The normalized spacial score (nSPS) is 13.8. The highest BCUT2D eigenvalue weighted by atomic mass is 35.5. The van der Waals surface area contributed by atoms with Gasteiger partial charge in [0.15, 0.2) is 0 Å². The molecule has 112 valence electrons. The maximum atomic E-state index is 6.26. The molecule has 0 heterocycles. The summed E-state index contributed by atoms with van der Waals surface area (Å²) in [5.74, 6) is 0.537. The molecule has 0 spiro atoms. The highest BCUT2D eigenvalue weighted by molar-refractivity contribution is 6.35. The average Bonchev–Trinajstić information content (AvgIpc) is 2.47. The van der Waals surface area contributed by atoms with E-state index in [0.717, 1.165) is 12.0 Å². The molecule has 0 aromatic heterocycles. The van der Waals surface area contributed by atoms with Gasteiger partial charge in [-0.25, -0.2) is 0 Å². The van der Waals surface area contributed by atoms with Crippen molar-refractivity contribution in [3.8, 4) is 5.75 Å². The van der Waals surface area contributed by atoms with Crippen LogP contribution in [0.3, 0.4) is 0 Å². The lowest BCUT2D eigenvalue weighted by molar-refractivity contribution is 0.171. The molecule has 0 saturated heterocycles. The minimum Gasteiger partial charge on any atom is -0.482 e. The zero-order valence-electron chi connectivity index (χ0n) is 11.5. The molecular formula is C16H16Cl3NO. The lowest BCUT2D eigenvalue weighted by atomic mass is 10.0. The molecule has 2 nitrogen and oxygen atoms in total. The predicted octanol–water partition coefficient (Wildman–Crippen LogP) is 5.50. The van der Waals surface area contributed by atoms with Crippen molar-refractivity contribution in [2.75, 3.05) is 0 Å². The summed E-state index contributed by atoms with van der Waals surface area (Å²) in [4.78, 5) is 0. The zero-order valence-corrected chi connectivity index (χ0v) is 13.8. The maximum absolute atomic E-state index is 6.26. The van der Waals surface area contributed by atoms with Gasteiger partial charge < -0.3 is 10.5 Å². The average molecular weight is 345 g/mol. The van der Waals surface area contributed by atoms with Crippen LogP contribution >= 0.6 is 34.8 Å². The molecule has 2 unspecified atom stereocenters. The van der Waals surface area contributed by atoms with Crippen LogP contribution in [0.25, 0.3) is 0 Å². The molecule has 0 aliphatic rings. The minimum atomic E-state index is -0.373. The summed E-state index contributed by atoms with van der Waals surface area (Å²) in [6.07, 6.45) is 0.378. The van der Waals surface area contributed by atoms with E-state index in [1.807, 2.05) is 31.2 Å². The van der Waals surface area contributed by atoms with Gasteiger partial charge in [-0.1, -0.05) is 59.9 Å². The Morgan fingerprint density at radius 3 is 2.38 bits per heavy atom. The number of hydrogen-bond donors (Lipinski definition) is 1. The number of benzene rings is 2. The van der Waals surface area contributed by atoms with E-state index in [4.69, 9.17) is 45.3 Å². The van der Waals surface area contributed by atoms with Crippen LogP contribution in [0.4, 0.5) is 0 Å². The third kappa shape index (κ3) is 4.04. The first kappa shape index (κ1) is 16.4. The standard InChI is InChI=1S/C16H16Cl3NO/c1-2-14(20)16(11-5-3-4-6-12(11)18)21-15-8-7-10(17)9-13(15)19/h3-9,14,16H,2,20H2,1H3. The first-order valence-corrected chi connectivity index (χ1v) is 7.78. The van der Waals surface area contributed by atoms with Gasteiger partial charge in [-0.15, -0.1) is 0 Å². The molecule has 0 aliphatic carbocycles. The number of halogens is 3. The number of ether oxygens (including phenoxy) is 1. The Morgan fingerprint density at radius 2 is 1.76 bits per heavy atom. The monoisotopic (exact) mass is 343 g/mol. The van der Waals surface area contributed by atoms with Gasteiger partial charge in [0.2, 0.25) is 0 Å². The largest absolute Gasteiger partial charge is 0.482 e. The quantitative estimate of drug-likeness (QED) is 0.776. The Balaban J connectivity index is 2.35. The lowest BCUT2D eigenvalue weighted by Crippen LogP contribution is -2.31. The number of nitrogens with two attached hydrogens (primary N) is 1. The first-order valence-electron chi connectivity index (χ1n) is 6.64. The Hall–Kier alpha value is -0.930. The Labute approximate surface area is 139 Å². The van der Waals surface area contributed by atoms with Gasteiger partial charge >= 0.3 is 0 Å². The van der Waals surface area contributed by atoms with Gasteiger partial charge in [0.05, 0.1) is 5.02 Å². The topological polar surface area (TPSA) is 35.2 Å². The highest BCUT2D eigenvalue weighted by Crippen LogP contribution is 2.34. The van der Waals surface area contributed by atoms with E-state index < -0.39 is 0 Å². The molecule has 2 aromatic rings.